The molecule has 154 valence electrons. The lowest BCUT2D eigenvalue weighted by molar-refractivity contribution is -0.136. The summed E-state index contributed by atoms with van der Waals surface area (Å²) in [6.07, 6.45) is 3.83. The van der Waals surface area contributed by atoms with Gasteiger partial charge in [-0.25, -0.2) is 0 Å². The first-order chi connectivity index (χ1) is 12.6. The molecule has 1 aliphatic heterocycles. The van der Waals surface area contributed by atoms with Crippen LogP contribution in [0.5, 0.6) is 0 Å². The van der Waals surface area contributed by atoms with E-state index in [1.807, 2.05) is 11.9 Å². The molecule has 2 N–H and O–H groups in total. The summed E-state index contributed by atoms with van der Waals surface area (Å²) in [6, 6.07) is 4.66. The summed E-state index contributed by atoms with van der Waals surface area (Å²) in [6.45, 7) is 8.99. The van der Waals surface area contributed by atoms with Crippen molar-refractivity contribution in [1.29, 1.82) is 0 Å². The number of likely N-dealkylation sites (tertiary alicyclic amines) is 1. The van der Waals surface area contributed by atoms with Crippen molar-refractivity contribution in [2.75, 3.05) is 26.7 Å². The highest BCUT2D eigenvalue weighted by molar-refractivity contribution is 14.0. The Morgan fingerprint density at radius 2 is 2.00 bits per heavy atom. The molecule has 0 aromatic carbocycles. The zero-order valence-corrected chi connectivity index (χ0v) is 20.2. The van der Waals surface area contributed by atoms with E-state index in [4.69, 9.17) is 0 Å². The van der Waals surface area contributed by atoms with E-state index in [0.29, 0.717) is 17.9 Å². The number of piperidine rings is 1. The predicted molar refractivity (Wildman–Crippen MR) is 126 cm³/mol. The minimum absolute atomic E-state index is 0. The molecule has 1 unspecified atom stereocenters. The lowest BCUT2D eigenvalue weighted by Gasteiger charge is -2.35. The quantitative estimate of drug-likeness (QED) is 0.333. The van der Waals surface area contributed by atoms with Crippen molar-refractivity contribution >= 4 is 47.2 Å². The molecule has 2 heterocycles. The van der Waals surface area contributed by atoms with Crippen molar-refractivity contribution in [3.8, 4) is 0 Å². The van der Waals surface area contributed by atoms with Gasteiger partial charge in [-0.15, -0.1) is 35.3 Å². The van der Waals surface area contributed by atoms with Crippen LogP contribution in [-0.2, 0) is 4.79 Å². The third kappa shape index (κ3) is 7.25. The number of halogens is 1. The summed E-state index contributed by atoms with van der Waals surface area (Å²) in [4.78, 5) is 20.3. The number of carbonyl (C=O) groups is 1. The van der Waals surface area contributed by atoms with Crippen molar-refractivity contribution < 1.29 is 4.79 Å². The second-order valence-corrected chi connectivity index (χ2v) is 8.11. The average Bonchev–Trinajstić information content (AvgIpc) is 3.21. The van der Waals surface area contributed by atoms with Crippen LogP contribution in [0.2, 0.25) is 0 Å². The highest BCUT2D eigenvalue weighted by Gasteiger charge is 2.26. The molecular formula is C20H35IN4OS. The van der Waals surface area contributed by atoms with Gasteiger partial charge in [0.25, 0.3) is 0 Å². The molecule has 1 amide bonds. The molecule has 27 heavy (non-hydrogen) atoms. The highest BCUT2D eigenvalue weighted by Crippen LogP contribution is 2.20. The Hall–Kier alpha value is -0.830. The SMILES string of the molecule is CCC(CC)C(=O)N1CCC(NC(=NC)NCC(C)c2cccs2)CC1.I. The number of rotatable bonds is 7. The molecule has 1 atom stereocenters. The summed E-state index contributed by atoms with van der Waals surface area (Å²) >= 11 is 1.80. The maximum absolute atomic E-state index is 12.5. The Morgan fingerprint density at radius 1 is 1.33 bits per heavy atom. The summed E-state index contributed by atoms with van der Waals surface area (Å²) < 4.78 is 0. The van der Waals surface area contributed by atoms with E-state index in [1.54, 1.807) is 11.3 Å². The molecule has 0 radical (unpaired) electrons. The van der Waals surface area contributed by atoms with Gasteiger partial charge in [0.15, 0.2) is 5.96 Å². The molecule has 2 rings (SSSR count). The Balaban J connectivity index is 0.00000364. The first-order valence-corrected chi connectivity index (χ1v) is 10.8. The van der Waals surface area contributed by atoms with Crippen LogP contribution in [0.3, 0.4) is 0 Å². The summed E-state index contributed by atoms with van der Waals surface area (Å²) in [5.74, 6) is 1.85. The van der Waals surface area contributed by atoms with Gasteiger partial charge in [-0.2, -0.15) is 0 Å². The smallest absolute Gasteiger partial charge is 0.225 e. The number of thiophene rings is 1. The van der Waals surface area contributed by atoms with Crippen LogP contribution < -0.4 is 10.6 Å². The average molecular weight is 506 g/mol. The zero-order valence-electron chi connectivity index (χ0n) is 17.0. The van der Waals surface area contributed by atoms with E-state index in [0.717, 1.165) is 51.3 Å². The number of hydrogen-bond acceptors (Lipinski definition) is 3. The number of guanidine groups is 1. The Labute approximate surface area is 185 Å². The van der Waals surface area contributed by atoms with E-state index in [9.17, 15) is 4.79 Å². The zero-order chi connectivity index (χ0) is 18.9. The van der Waals surface area contributed by atoms with Crippen LogP contribution in [0.15, 0.2) is 22.5 Å². The van der Waals surface area contributed by atoms with E-state index < -0.39 is 0 Å². The number of aliphatic imine (C=N–C) groups is 1. The minimum Gasteiger partial charge on any atom is -0.356 e. The van der Waals surface area contributed by atoms with E-state index in [2.05, 4.69) is 53.9 Å². The van der Waals surface area contributed by atoms with Gasteiger partial charge in [0.1, 0.15) is 0 Å². The summed E-state index contributed by atoms with van der Waals surface area (Å²) in [7, 11) is 1.82. The fourth-order valence-electron chi connectivity index (χ4n) is 3.45. The molecule has 1 aliphatic rings. The topological polar surface area (TPSA) is 56.7 Å². The second kappa shape index (κ2) is 12.6. The minimum atomic E-state index is 0. The van der Waals surface area contributed by atoms with Crippen LogP contribution in [0, 0.1) is 5.92 Å². The normalized spacial score (nSPS) is 16.8. The van der Waals surface area contributed by atoms with Gasteiger partial charge < -0.3 is 15.5 Å². The van der Waals surface area contributed by atoms with E-state index >= 15 is 0 Å². The first-order valence-electron chi connectivity index (χ1n) is 9.88. The van der Waals surface area contributed by atoms with Gasteiger partial charge in [-0.3, -0.25) is 9.79 Å². The van der Waals surface area contributed by atoms with Crippen molar-refractivity contribution in [2.45, 2.75) is 58.4 Å². The maximum Gasteiger partial charge on any atom is 0.225 e. The van der Waals surface area contributed by atoms with E-state index in [1.165, 1.54) is 4.88 Å². The fourth-order valence-corrected chi connectivity index (χ4v) is 4.24. The number of hydrogen-bond donors (Lipinski definition) is 2. The lowest BCUT2D eigenvalue weighted by atomic mass is 9.98. The third-order valence-corrected chi connectivity index (χ3v) is 6.41. The molecule has 1 fully saturated rings. The highest BCUT2D eigenvalue weighted by atomic mass is 127. The van der Waals surface area contributed by atoms with Gasteiger partial charge in [-0.05, 0) is 37.1 Å². The predicted octanol–water partition coefficient (Wildman–Crippen LogP) is 4.06. The summed E-state index contributed by atoms with van der Waals surface area (Å²) in [5, 5.41) is 9.09. The number of nitrogens with one attached hydrogen (secondary N) is 2. The van der Waals surface area contributed by atoms with Crippen LogP contribution in [0.4, 0.5) is 0 Å². The molecule has 7 heteroatoms. The van der Waals surface area contributed by atoms with Crippen LogP contribution in [0.25, 0.3) is 0 Å². The first kappa shape index (κ1) is 24.2. The lowest BCUT2D eigenvalue weighted by Crippen LogP contribution is -2.51. The molecule has 1 aromatic heterocycles. The van der Waals surface area contributed by atoms with Gasteiger partial charge in [-0.1, -0.05) is 26.8 Å². The van der Waals surface area contributed by atoms with Crippen LogP contribution in [-0.4, -0.2) is 49.5 Å². The molecule has 0 saturated carbocycles. The number of carbonyl (C=O) groups excluding carboxylic acids is 1. The van der Waals surface area contributed by atoms with E-state index in [-0.39, 0.29) is 29.9 Å². The molecular weight excluding hydrogens is 471 g/mol. The third-order valence-electron chi connectivity index (χ3n) is 5.31. The molecule has 1 aromatic rings. The summed E-state index contributed by atoms with van der Waals surface area (Å²) in [5.41, 5.74) is 0. The maximum atomic E-state index is 12.5. The van der Waals surface area contributed by atoms with Gasteiger partial charge in [0.2, 0.25) is 5.91 Å². The molecule has 1 saturated heterocycles. The molecule has 0 aliphatic carbocycles. The van der Waals surface area contributed by atoms with Crippen molar-refractivity contribution in [1.82, 2.24) is 15.5 Å². The van der Waals surface area contributed by atoms with Crippen molar-refractivity contribution in [3.63, 3.8) is 0 Å². The molecule has 0 bridgehead atoms. The van der Waals surface area contributed by atoms with Crippen LogP contribution in [0.1, 0.15) is 57.2 Å². The molecule has 5 nitrogen and oxygen atoms in total. The van der Waals surface area contributed by atoms with Gasteiger partial charge >= 0.3 is 0 Å². The van der Waals surface area contributed by atoms with Crippen molar-refractivity contribution in [3.05, 3.63) is 22.4 Å². The number of nitrogens with zero attached hydrogens (tertiary/aromatic N) is 2. The van der Waals surface area contributed by atoms with Crippen LogP contribution >= 0.6 is 35.3 Å². The Bertz CT molecular complexity index is 567. The van der Waals surface area contributed by atoms with Crippen molar-refractivity contribution in [2.24, 2.45) is 10.9 Å². The largest absolute Gasteiger partial charge is 0.356 e. The standard InChI is InChI=1S/C20H34N4OS.HI/c1-5-16(6-2)19(25)24-11-9-17(10-12-24)23-20(21-4)22-14-15(3)18-8-7-13-26-18;/h7-8,13,15-17H,5-6,9-12,14H2,1-4H3,(H2,21,22,23);1H. The monoisotopic (exact) mass is 506 g/mol. The number of amides is 1. The van der Waals surface area contributed by atoms with Gasteiger partial charge in [0, 0.05) is 49.4 Å². The van der Waals surface area contributed by atoms with Gasteiger partial charge in [0.05, 0.1) is 0 Å². The second-order valence-electron chi connectivity index (χ2n) is 7.13. The fraction of sp³-hybridized carbons (Fsp3) is 0.700. The Morgan fingerprint density at radius 3 is 2.52 bits per heavy atom. The molecule has 0 spiro atoms. The Kier molecular flexibility index (Phi) is 11.3.